The number of thioether (sulfide) groups is 1. The highest BCUT2D eigenvalue weighted by molar-refractivity contribution is 7.98. The number of rotatable bonds is 3. The molecule has 3 heteroatoms. The van der Waals surface area contributed by atoms with E-state index in [-0.39, 0.29) is 5.75 Å². The van der Waals surface area contributed by atoms with Crippen LogP contribution < -0.4 is 0 Å². The molecule has 0 fully saturated rings. The molecule has 0 nitrogen and oxygen atoms in total. The van der Waals surface area contributed by atoms with Crippen LogP contribution in [-0.4, -0.2) is 5.73 Å². The van der Waals surface area contributed by atoms with Crippen LogP contribution >= 0.6 is 11.8 Å². The maximum atomic E-state index is 12.0. The molecule has 1 rings (SSSR count). The van der Waals surface area contributed by atoms with Crippen LogP contribution in [0.3, 0.4) is 0 Å². The molecule has 0 aromatic heterocycles. The molecule has 11 heavy (non-hydrogen) atoms. The van der Waals surface area contributed by atoms with Crippen molar-refractivity contribution < 1.29 is 10.2 Å². The van der Waals surface area contributed by atoms with E-state index in [0.29, 0.717) is 11.8 Å². The molecule has 0 radical (unpaired) electrons. The second-order valence-corrected chi connectivity index (χ2v) is 2.89. The summed E-state index contributed by atoms with van der Waals surface area (Å²) in [7, 11) is 0. The number of halogens is 2. The summed E-state index contributed by atoms with van der Waals surface area (Å²) in [6.45, 7) is 0. The van der Waals surface area contributed by atoms with Crippen molar-refractivity contribution in [2.24, 2.45) is 0 Å². The molecule has 60 valence electrons. The molecule has 0 bridgehead atoms. The Bertz CT molecular complexity index is 233. The van der Waals surface area contributed by atoms with Crippen LogP contribution in [0.5, 0.6) is 0 Å². The van der Waals surface area contributed by atoms with Crippen LogP contribution in [0.25, 0.3) is 0 Å². The Balaban J connectivity index is 2.44. The molecule has 0 amide bonds. The van der Waals surface area contributed by atoms with E-state index in [1.807, 2.05) is 6.07 Å². The Morgan fingerprint density at radius 2 is 2.00 bits per heavy atom. The normalized spacial score (nSPS) is 12.7. The van der Waals surface area contributed by atoms with Crippen LogP contribution in [0.4, 0.5) is 8.78 Å². The minimum Gasteiger partial charge on any atom is -0.198 e. The van der Waals surface area contributed by atoms with Gasteiger partial charge in [-0.3, -0.25) is 0 Å². The molecule has 0 aliphatic carbocycles. The maximum absolute atomic E-state index is 12.0. The molecular formula is C8H8F2S. The van der Waals surface area contributed by atoms with Gasteiger partial charge in [0.25, 0.3) is 5.73 Å². The van der Waals surface area contributed by atoms with E-state index in [0.717, 1.165) is 5.56 Å². The maximum Gasteiger partial charge on any atom is 0.284 e. The molecule has 0 aliphatic rings. The van der Waals surface area contributed by atoms with Gasteiger partial charge in [-0.15, -0.1) is 0 Å². The summed E-state index contributed by atoms with van der Waals surface area (Å²) in [5, 5.41) is 0. The van der Waals surface area contributed by atoms with E-state index in [9.17, 15) is 8.78 Å². The Morgan fingerprint density at radius 1 is 1.36 bits per heavy atom. The summed E-state index contributed by atoms with van der Waals surface area (Å²) in [5.41, 5.74) is -2.56. The molecule has 0 N–H and O–H groups in total. The number of benzene rings is 1. The third-order valence-corrected chi connectivity index (χ3v) is 1.89. The fourth-order valence-electron chi connectivity index (χ4n) is 0.712. The van der Waals surface area contributed by atoms with Crippen molar-refractivity contribution in [2.75, 3.05) is 0 Å². The van der Waals surface area contributed by atoms with Crippen molar-refractivity contribution >= 4 is 11.8 Å². The zero-order valence-electron chi connectivity index (χ0n) is 6.76. The summed E-state index contributed by atoms with van der Waals surface area (Å²) in [6.07, 6.45) is 0. The Kier molecular flexibility index (Phi) is 2.80. The van der Waals surface area contributed by atoms with Crippen LogP contribution in [0, 0.1) is 0 Å². The van der Waals surface area contributed by atoms with E-state index in [1.165, 1.54) is 0 Å². The van der Waals surface area contributed by atoms with Gasteiger partial charge >= 0.3 is 0 Å². The van der Waals surface area contributed by atoms with Gasteiger partial charge in [-0.1, -0.05) is 42.1 Å². The van der Waals surface area contributed by atoms with Gasteiger partial charge in [0.05, 0.1) is 0 Å². The van der Waals surface area contributed by atoms with Crippen LogP contribution in [0.2, 0.25) is 0 Å². The minimum atomic E-state index is -3.38. The SMILES string of the molecule is [2H]C(F)(F)SCc1ccccc1. The molecule has 0 aliphatic heterocycles. The molecule has 1 aromatic carbocycles. The highest BCUT2D eigenvalue weighted by atomic mass is 32.2. The Morgan fingerprint density at radius 3 is 2.55 bits per heavy atom. The summed E-state index contributed by atoms with van der Waals surface area (Å²) in [4.78, 5) is 0. The standard InChI is InChI=1S/C8H8F2S/c9-8(10)11-6-7-4-2-1-3-5-7/h1-5,8H,6H2/i8D. The first kappa shape index (κ1) is 7.10. The molecule has 1 aromatic rings. The summed E-state index contributed by atoms with van der Waals surface area (Å²) in [6, 6.07) is 8.93. The monoisotopic (exact) mass is 175 g/mol. The lowest BCUT2D eigenvalue weighted by Crippen LogP contribution is -1.84. The van der Waals surface area contributed by atoms with Gasteiger partial charge in [-0.25, -0.2) is 0 Å². The van der Waals surface area contributed by atoms with E-state index in [1.54, 1.807) is 24.3 Å². The second kappa shape index (κ2) is 4.34. The molecular weight excluding hydrogens is 166 g/mol. The van der Waals surface area contributed by atoms with Gasteiger partial charge in [0, 0.05) is 5.75 Å². The second-order valence-electron chi connectivity index (χ2n) is 2.00. The van der Waals surface area contributed by atoms with Gasteiger partial charge in [0.15, 0.2) is 0 Å². The largest absolute Gasteiger partial charge is 0.284 e. The topological polar surface area (TPSA) is 0 Å². The quantitative estimate of drug-likeness (QED) is 0.680. The van der Waals surface area contributed by atoms with Crippen molar-refractivity contribution in [3.05, 3.63) is 35.9 Å². The molecule has 0 spiro atoms. The number of alkyl halides is 2. The average molecular weight is 175 g/mol. The molecule has 0 heterocycles. The van der Waals surface area contributed by atoms with Crippen molar-refractivity contribution in [3.8, 4) is 0 Å². The van der Waals surface area contributed by atoms with E-state index in [2.05, 4.69) is 0 Å². The van der Waals surface area contributed by atoms with Gasteiger partial charge in [-0.05, 0) is 5.56 Å². The van der Waals surface area contributed by atoms with Gasteiger partial charge in [0.2, 0.25) is 0 Å². The Hall–Kier alpha value is -0.570. The fourth-order valence-corrected chi connectivity index (χ4v) is 1.18. The van der Waals surface area contributed by atoms with Crippen molar-refractivity contribution in [1.29, 1.82) is 0 Å². The first-order chi connectivity index (χ1) is 5.58. The molecule has 0 atom stereocenters. The number of hydrogen-bond donors (Lipinski definition) is 0. The first-order valence-electron chi connectivity index (χ1n) is 3.64. The molecule has 0 unspecified atom stereocenters. The molecule has 0 saturated heterocycles. The van der Waals surface area contributed by atoms with E-state index in [4.69, 9.17) is 1.37 Å². The number of hydrogen-bond acceptors (Lipinski definition) is 1. The third-order valence-electron chi connectivity index (χ3n) is 1.19. The predicted octanol–water partition coefficient (Wildman–Crippen LogP) is 3.14. The molecule has 0 saturated carbocycles. The zero-order valence-corrected chi connectivity index (χ0v) is 6.57. The highest BCUT2D eigenvalue weighted by Gasteiger charge is 2.01. The van der Waals surface area contributed by atoms with Gasteiger partial charge < -0.3 is 0 Å². The lowest BCUT2D eigenvalue weighted by atomic mass is 10.2. The fraction of sp³-hybridized carbons (Fsp3) is 0.250. The summed E-state index contributed by atoms with van der Waals surface area (Å²) in [5.74, 6) is 0.178. The highest BCUT2D eigenvalue weighted by Crippen LogP contribution is 2.18. The van der Waals surface area contributed by atoms with Crippen LogP contribution in [-0.2, 0) is 5.75 Å². The zero-order chi connectivity index (χ0) is 9.03. The van der Waals surface area contributed by atoms with Crippen molar-refractivity contribution in [2.45, 2.75) is 11.5 Å². The van der Waals surface area contributed by atoms with Gasteiger partial charge in [0.1, 0.15) is 1.37 Å². The third kappa shape index (κ3) is 3.37. The van der Waals surface area contributed by atoms with E-state index < -0.39 is 5.73 Å². The van der Waals surface area contributed by atoms with Crippen LogP contribution in [0.15, 0.2) is 30.3 Å². The van der Waals surface area contributed by atoms with Crippen molar-refractivity contribution in [3.63, 3.8) is 0 Å². The minimum absolute atomic E-state index is 0.178. The Labute approximate surface area is 70.0 Å². The lowest BCUT2D eigenvalue weighted by Gasteiger charge is -1.98. The van der Waals surface area contributed by atoms with E-state index >= 15 is 0 Å². The smallest absolute Gasteiger partial charge is 0.198 e. The van der Waals surface area contributed by atoms with Gasteiger partial charge in [-0.2, -0.15) is 8.78 Å². The summed E-state index contributed by atoms with van der Waals surface area (Å²) < 4.78 is 30.4. The first-order valence-corrected chi connectivity index (χ1v) is 4.12. The lowest BCUT2D eigenvalue weighted by molar-refractivity contribution is 0.252. The average Bonchev–Trinajstić information content (AvgIpc) is 2.02. The summed E-state index contributed by atoms with van der Waals surface area (Å²) >= 11 is 0.320. The van der Waals surface area contributed by atoms with Crippen molar-refractivity contribution in [1.82, 2.24) is 0 Å². The predicted molar refractivity (Wildman–Crippen MR) is 43.7 cm³/mol. The van der Waals surface area contributed by atoms with Crippen LogP contribution in [0.1, 0.15) is 6.93 Å².